The van der Waals surface area contributed by atoms with E-state index in [0.29, 0.717) is 23.0 Å². The molecule has 2 rings (SSSR count). The Morgan fingerprint density at radius 2 is 1.04 bits per heavy atom. The van der Waals surface area contributed by atoms with E-state index >= 15 is 0 Å². The van der Waals surface area contributed by atoms with Crippen molar-refractivity contribution in [2.75, 3.05) is 0 Å². The molecule has 0 radical (unpaired) electrons. The summed E-state index contributed by atoms with van der Waals surface area (Å²) in [6.07, 6.45) is 2.07. The van der Waals surface area contributed by atoms with Crippen LogP contribution in [0.25, 0.3) is 0 Å². The smallest absolute Gasteiger partial charge is 0.346 e. The van der Waals surface area contributed by atoms with E-state index in [9.17, 15) is 9.59 Å². The molecule has 2 atom stereocenters. The topological polar surface area (TPSA) is 43.4 Å². The highest BCUT2D eigenvalue weighted by molar-refractivity contribution is 6.02. The molecule has 0 aliphatic rings. The predicted octanol–water partition coefficient (Wildman–Crippen LogP) is 5.71. The van der Waals surface area contributed by atoms with E-state index in [-0.39, 0.29) is 0 Å². The second-order valence-electron chi connectivity index (χ2n) is 6.54. The number of ether oxygens (including phenoxy) is 1. The van der Waals surface area contributed by atoms with Crippen LogP contribution in [0.1, 0.15) is 84.2 Å². The quantitative estimate of drug-likeness (QED) is 0.500. The molecule has 2 aromatic rings. The lowest BCUT2D eigenvalue weighted by molar-refractivity contribution is 0.0398. The van der Waals surface area contributed by atoms with Gasteiger partial charge in [0.15, 0.2) is 0 Å². The van der Waals surface area contributed by atoms with Crippen LogP contribution < -0.4 is 0 Å². The standard InChI is InChI=1S/C22H26O3/c1-5-15(3)17-7-11-19(12-8-17)21(23)25-22(24)20-13-9-18(10-14-20)16(4)6-2/h7-16H,5-6H2,1-4H3. The third kappa shape index (κ3) is 4.79. The molecule has 3 nitrogen and oxygen atoms in total. The molecular weight excluding hydrogens is 312 g/mol. The van der Waals surface area contributed by atoms with E-state index in [1.807, 2.05) is 24.3 Å². The van der Waals surface area contributed by atoms with Crippen LogP contribution in [0.3, 0.4) is 0 Å². The van der Waals surface area contributed by atoms with Gasteiger partial charge in [0, 0.05) is 0 Å². The molecule has 0 heterocycles. The molecule has 0 aromatic heterocycles. The average molecular weight is 338 g/mol. The summed E-state index contributed by atoms with van der Waals surface area (Å²) >= 11 is 0. The Morgan fingerprint density at radius 3 is 1.32 bits per heavy atom. The van der Waals surface area contributed by atoms with Crippen molar-refractivity contribution in [1.82, 2.24) is 0 Å². The summed E-state index contributed by atoms with van der Waals surface area (Å²) in [5.74, 6) is -0.357. The Kier molecular flexibility index (Phi) is 6.51. The summed E-state index contributed by atoms with van der Waals surface area (Å²) < 4.78 is 5.00. The third-order valence-electron chi connectivity index (χ3n) is 4.84. The van der Waals surface area contributed by atoms with Crippen molar-refractivity contribution >= 4 is 11.9 Å². The number of rotatable bonds is 6. The maximum atomic E-state index is 12.2. The van der Waals surface area contributed by atoms with E-state index < -0.39 is 11.9 Å². The lowest BCUT2D eigenvalue weighted by Gasteiger charge is -2.10. The first-order valence-corrected chi connectivity index (χ1v) is 8.92. The molecule has 0 bridgehead atoms. The van der Waals surface area contributed by atoms with E-state index in [4.69, 9.17) is 4.74 Å². The summed E-state index contributed by atoms with van der Waals surface area (Å²) in [4.78, 5) is 24.3. The molecule has 0 spiro atoms. The first kappa shape index (κ1) is 18.9. The van der Waals surface area contributed by atoms with Gasteiger partial charge in [0.2, 0.25) is 0 Å². The zero-order valence-electron chi connectivity index (χ0n) is 15.4. The zero-order valence-corrected chi connectivity index (χ0v) is 15.4. The normalized spacial score (nSPS) is 13.1. The molecule has 2 unspecified atom stereocenters. The number of hydrogen-bond donors (Lipinski definition) is 0. The van der Waals surface area contributed by atoms with Crippen LogP contribution in [-0.4, -0.2) is 11.9 Å². The molecule has 25 heavy (non-hydrogen) atoms. The molecule has 2 aromatic carbocycles. The van der Waals surface area contributed by atoms with Gasteiger partial charge in [-0.1, -0.05) is 52.0 Å². The zero-order chi connectivity index (χ0) is 18.4. The molecule has 132 valence electrons. The Balaban J connectivity index is 2.03. The predicted molar refractivity (Wildman–Crippen MR) is 100 cm³/mol. The van der Waals surface area contributed by atoms with E-state index in [0.717, 1.165) is 12.8 Å². The van der Waals surface area contributed by atoms with Crippen molar-refractivity contribution in [1.29, 1.82) is 0 Å². The average Bonchev–Trinajstić information content (AvgIpc) is 2.66. The number of carbonyl (C=O) groups excluding carboxylic acids is 2. The van der Waals surface area contributed by atoms with Crippen LogP contribution in [0.15, 0.2) is 48.5 Å². The molecule has 3 heteroatoms. The van der Waals surface area contributed by atoms with Crippen molar-refractivity contribution in [3.05, 3.63) is 70.8 Å². The fourth-order valence-corrected chi connectivity index (χ4v) is 2.57. The molecule has 0 aliphatic heterocycles. The van der Waals surface area contributed by atoms with Gasteiger partial charge in [-0.2, -0.15) is 0 Å². The van der Waals surface area contributed by atoms with Crippen molar-refractivity contribution in [3.8, 4) is 0 Å². The summed E-state index contributed by atoms with van der Waals surface area (Å²) in [6.45, 7) is 8.52. The highest BCUT2D eigenvalue weighted by Gasteiger charge is 2.16. The van der Waals surface area contributed by atoms with Crippen LogP contribution in [0, 0.1) is 0 Å². The lowest BCUT2D eigenvalue weighted by atomic mass is 9.97. The second-order valence-corrected chi connectivity index (χ2v) is 6.54. The van der Waals surface area contributed by atoms with Crippen LogP contribution in [0.2, 0.25) is 0 Å². The van der Waals surface area contributed by atoms with Crippen molar-refractivity contribution in [3.63, 3.8) is 0 Å². The molecule has 0 N–H and O–H groups in total. The number of carbonyl (C=O) groups is 2. The van der Waals surface area contributed by atoms with E-state index in [1.54, 1.807) is 24.3 Å². The van der Waals surface area contributed by atoms with E-state index in [2.05, 4.69) is 27.7 Å². The van der Waals surface area contributed by atoms with Crippen LogP contribution in [0.4, 0.5) is 0 Å². The van der Waals surface area contributed by atoms with Crippen molar-refractivity contribution in [2.24, 2.45) is 0 Å². The minimum Gasteiger partial charge on any atom is -0.386 e. The molecule has 0 amide bonds. The maximum Gasteiger partial charge on any atom is 0.346 e. The Morgan fingerprint density at radius 1 is 0.720 bits per heavy atom. The van der Waals surface area contributed by atoms with Gasteiger partial charge in [0.25, 0.3) is 0 Å². The first-order chi connectivity index (χ1) is 12.0. The Bertz CT molecular complexity index is 650. The first-order valence-electron chi connectivity index (χ1n) is 8.92. The second kappa shape index (κ2) is 8.61. The van der Waals surface area contributed by atoms with Gasteiger partial charge in [0.05, 0.1) is 11.1 Å². The molecule has 0 saturated carbocycles. The summed E-state index contributed by atoms with van der Waals surface area (Å²) in [7, 11) is 0. The molecular formula is C22H26O3. The lowest BCUT2D eigenvalue weighted by Crippen LogP contribution is -2.13. The Hall–Kier alpha value is -2.42. The summed E-state index contributed by atoms with van der Waals surface area (Å²) in [5, 5.41) is 0. The minimum atomic E-state index is -0.619. The molecule has 0 saturated heterocycles. The van der Waals surface area contributed by atoms with Gasteiger partial charge in [-0.05, 0) is 60.1 Å². The molecule has 0 fully saturated rings. The van der Waals surface area contributed by atoms with Crippen LogP contribution >= 0.6 is 0 Å². The van der Waals surface area contributed by atoms with Crippen molar-refractivity contribution in [2.45, 2.75) is 52.4 Å². The minimum absolute atomic E-state index is 0.386. The highest BCUT2D eigenvalue weighted by Crippen LogP contribution is 2.20. The number of benzene rings is 2. The van der Waals surface area contributed by atoms with Gasteiger partial charge in [0.1, 0.15) is 0 Å². The maximum absolute atomic E-state index is 12.2. The summed E-state index contributed by atoms with van der Waals surface area (Å²) in [5.41, 5.74) is 3.12. The van der Waals surface area contributed by atoms with Gasteiger partial charge in [-0.25, -0.2) is 9.59 Å². The van der Waals surface area contributed by atoms with Crippen LogP contribution in [-0.2, 0) is 4.74 Å². The Labute approximate surface area is 150 Å². The fourth-order valence-electron chi connectivity index (χ4n) is 2.57. The highest BCUT2D eigenvalue weighted by atomic mass is 16.6. The van der Waals surface area contributed by atoms with Crippen molar-refractivity contribution < 1.29 is 14.3 Å². The van der Waals surface area contributed by atoms with Gasteiger partial charge < -0.3 is 4.74 Å². The largest absolute Gasteiger partial charge is 0.386 e. The number of esters is 2. The van der Waals surface area contributed by atoms with Gasteiger partial charge in [-0.15, -0.1) is 0 Å². The third-order valence-corrected chi connectivity index (χ3v) is 4.84. The monoisotopic (exact) mass is 338 g/mol. The van der Waals surface area contributed by atoms with Crippen LogP contribution in [0.5, 0.6) is 0 Å². The van der Waals surface area contributed by atoms with Gasteiger partial charge in [-0.3, -0.25) is 0 Å². The van der Waals surface area contributed by atoms with Gasteiger partial charge >= 0.3 is 11.9 Å². The SMILES string of the molecule is CCC(C)c1ccc(C(=O)OC(=O)c2ccc(C(C)CC)cc2)cc1. The number of hydrogen-bond acceptors (Lipinski definition) is 3. The summed E-state index contributed by atoms with van der Waals surface area (Å²) in [6, 6.07) is 14.5. The fraction of sp³-hybridized carbons (Fsp3) is 0.364. The van der Waals surface area contributed by atoms with E-state index in [1.165, 1.54) is 11.1 Å². The molecule has 0 aliphatic carbocycles.